The molecule has 1 aromatic heterocycles. The van der Waals surface area contributed by atoms with Gasteiger partial charge in [-0.15, -0.1) is 0 Å². The molecule has 0 aliphatic heterocycles. The van der Waals surface area contributed by atoms with Gasteiger partial charge in [-0.3, -0.25) is 0 Å². The molecule has 18 heavy (non-hydrogen) atoms. The third-order valence-corrected chi connectivity index (χ3v) is 3.09. The van der Waals surface area contributed by atoms with Crippen molar-refractivity contribution in [1.29, 1.82) is 0 Å². The van der Waals surface area contributed by atoms with Gasteiger partial charge in [0.2, 0.25) is 5.88 Å². The maximum Gasteiger partial charge on any atom is 0.230 e. The second-order valence-corrected chi connectivity index (χ2v) is 5.17. The monoisotopic (exact) mass is 244 g/mol. The van der Waals surface area contributed by atoms with Crippen LogP contribution in [0.2, 0.25) is 0 Å². The summed E-state index contributed by atoms with van der Waals surface area (Å²) in [5, 5.41) is 4.09. The van der Waals surface area contributed by atoms with Crippen molar-refractivity contribution in [3.05, 3.63) is 35.5 Å². The minimum atomic E-state index is 0.414. The van der Waals surface area contributed by atoms with E-state index in [-0.39, 0.29) is 0 Å². The van der Waals surface area contributed by atoms with Crippen molar-refractivity contribution in [1.82, 2.24) is 5.16 Å². The van der Waals surface area contributed by atoms with Crippen molar-refractivity contribution < 1.29 is 4.52 Å². The molecular formula is C15H20N2O. The molecule has 2 N–H and O–H groups in total. The lowest BCUT2D eigenvalue weighted by molar-refractivity contribution is 0.423. The van der Waals surface area contributed by atoms with E-state index in [4.69, 9.17) is 10.3 Å². The van der Waals surface area contributed by atoms with Crippen LogP contribution in [0.3, 0.4) is 0 Å². The van der Waals surface area contributed by atoms with Crippen molar-refractivity contribution in [2.24, 2.45) is 5.92 Å². The van der Waals surface area contributed by atoms with Crippen LogP contribution in [0.15, 0.2) is 28.8 Å². The minimum Gasteiger partial charge on any atom is -0.367 e. The fourth-order valence-corrected chi connectivity index (χ4v) is 1.96. The average Bonchev–Trinajstić information content (AvgIpc) is 2.69. The van der Waals surface area contributed by atoms with Gasteiger partial charge in [0.15, 0.2) is 0 Å². The van der Waals surface area contributed by atoms with Gasteiger partial charge in [0.1, 0.15) is 0 Å². The van der Waals surface area contributed by atoms with Gasteiger partial charge in [-0.05, 0) is 31.2 Å². The number of nitrogens with two attached hydrogens (primary N) is 1. The first-order valence-electron chi connectivity index (χ1n) is 6.39. The van der Waals surface area contributed by atoms with Gasteiger partial charge in [-0.2, -0.15) is 0 Å². The molecule has 0 aliphatic carbocycles. The number of aryl methyl sites for hydroxylation is 2. The Morgan fingerprint density at radius 2 is 1.89 bits per heavy atom. The highest BCUT2D eigenvalue weighted by molar-refractivity contribution is 5.75. The van der Waals surface area contributed by atoms with E-state index in [2.05, 4.69) is 50.2 Å². The minimum absolute atomic E-state index is 0.414. The van der Waals surface area contributed by atoms with Crippen LogP contribution >= 0.6 is 0 Å². The molecule has 1 aromatic carbocycles. The summed E-state index contributed by atoms with van der Waals surface area (Å²) in [7, 11) is 0. The molecular weight excluding hydrogens is 224 g/mol. The normalized spacial score (nSPS) is 11.1. The fourth-order valence-electron chi connectivity index (χ4n) is 1.96. The maximum absolute atomic E-state index is 5.89. The molecule has 0 amide bonds. The number of hydrogen-bond acceptors (Lipinski definition) is 3. The van der Waals surface area contributed by atoms with Gasteiger partial charge in [-0.1, -0.05) is 48.8 Å². The van der Waals surface area contributed by atoms with E-state index in [0.29, 0.717) is 11.8 Å². The van der Waals surface area contributed by atoms with E-state index >= 15 is 0 Å². The lowest BCUT2D eigenvalue weighted by Gasteiger charge is -2.05. The molecule has 1 heterocycles. The van der Waals surface area contributed by atoms with Gasteiger partial charge in [0, 0.05) is 0 Å². The van der Waals surface area contributed by atoms with Gasteiger partial charge in [0.05, 0.1) is 11.3 Å². The highest BCUT2D eigenvalue weighted by atomic mass is 16.5. The molecule has 0 aliphatic rings. The van der Waals surface area contributed by atoms with Crippen LogP contribution in [0.5, 0.6) is 0 Å². The summed E-state index contributed by atoms with van der Waals surface area (Å²) in [6, 6.07) is 8.29. The average molecular weight is 244 g/mol. The van der Waals surface area contributed by atoms with Crippen LogP contribution in [0, 0.1) is 12.8 Å². The van der Waals surface area contributed by atoms with Crippen molar-refractivity contribution in [3.63, 3.8) is 0 Å². The predicted octanol–water partition coefficient (Wildman–Crippen LogP) is 3.82. The lowest BCUT2D eigenvalue weighted by Crippen LogP contribution is -1.95. The molecule has 3 heteroatoms. The van der Waals surface area contributed by atoms with Gasteiger partial charge < -0.3 is 10.3 Å². The topological polar surface area (TPSA) is 52.0 Å². The van der Waals surface area contributed by atoms with Crippen LogP contribution in [0.1, 0.15) is 31.5 Å². The van der Waals surface area contributed by atoms with Gasteiger partial charge >= 0.3 is 0 Å². The van der Waals surface area contributed by atoms with Gasteiger partial charge in [0.25, 0.3) is 0 Å². The first-order valence-corrected chi connectivity index (χ1v) is 6.39. The molecule has 0 radical (unpaired) electrons. The zero-order valence-corrected chi connectivity index (χ0v) is 11.2. The Morgan fingerprint density at radius 1 is 1.22 bits per heavy atom. The SMILES string of the molecule is Cc1ccc(-c2c(CCC(C)C)noc2N)cc1. The molecule has 3 nitrogen and oxygen atoms in total. The Morgan fingerprint density at radius 3 is 2.50 bits per heavy atom. The molecule has 0 saturated carbocycles. The van der Waals surface area contributed by atoms with Gasteiger partial charge in [-0.25, -0.2) is 0 Å². The number of rotatable bonds is 4. The second-order valence-electron chi connectivity index (χ2n) is 5.17. The number of nitrogens with zero attached hydrogens (tertiary/aromatic N) is 1. The van der Waals surface area contributed by atoms with Crippen LogP contribution in [0.4, 0.5) is 5.88 Å². The summed E-state index contributed by atoms with van der Waals surface area (Å²) >= 11 is 0. The van der Waals surface area contributed by atoms with E-state index in [1.807, 2.05) is 0 Å². The first-order chi connectivity index (χ1) is 8.58. The maximum atomic E-state index is 5.89. The molecule has 2 rings (SSSR count). The van der Waals surface area contributed by atoms with Crippen LogP contribution in [0.25, 0.3) is 11.1 Å². The summed E-state index contributed by atoms with van der Waals surface area (Å²) in [5.74, 6) is 1.06. The van der Waals surface area contributed by atoms with Crippen molar-refractivity contribution in [2.45, 2.75) is 33.6 Å². The van der Waals surface area contributed by atoms with E-state index in [9.17, 15) is 0 Å². The third kappa shape index (κ3) is 2.73. The van der Waals surface area contributed by atoms with Crippen molar-refractivity contribution in [3.8, 4) is 11.1 Å². The standard InChI is InChI=1S/C15H20N2O/c1-10(2)4-9-13-14(15(16)18-17-13)12-7-5-11(3)6-8-12/h5-8,10H,4,9,16H2,1-3H3. The predicted molar refractivity (Wildman–Crippen MR) is 74.2 cm³/mol. The first kappa shape index (κ1) is 12.7. The summed E-state index contributed by atoms with van der Waals surface area (Å²) in [6.45, 7) is 6.48. The largest absolute Gasteiger partial charge is 0.367 e. The van der Waals surface area contributed by atoms with Crippen LogP contribution in [-0.2, 0) is 6.42 Å². The number of nitrogen functional groups attached to an aromatic ring is 1. The van der Waals surface area contributed by atoms with E-state index in [1.165, 1.54) is 5.56 Å². The Labute approximate surface area is 108 Å². The van der Waals surface area contributed by atoms with E-state index in [1.54, 1.807) is 0 Å². The Hall–Kier alpha value is -1.77. The molecule has 0 spiro atoms. The summed E-state index contributed by atoms with van der Waals surface area (Å²) < 4.78 is 5.14. The molecule has 0 bridgehead atoms. The van der Waals surface area contributed by atoms with Crippen molar-refractivity contribution >= 4 is 5.88 Å². The Balaban J connectivity index is 2.31. The quantitative estimate of drug-likeness (QED) is 0.889. The molecule has 96 valence electrons. The smallest absolute Gasteiger partial charge is 0.230 e. The number of benzene rings is 1. The summed E-state index contributed by atoms with van der Waals surface area (Å²) in [5.41, 5.74) is 10.1. The highest BCUT2D eigenvalue weighted by Gasteiger charge is 2.15. The second kappa shape index (κ2) is 5.25. The van der Waals surface area contributed by atoms with Crippen LogP contribution < -0.4 is 5.73 Å². The number of hydrogen-bond donors (Lipinski definition) is 1. The fraction of sp³-hybridized carbons (Fsp3) is 0.400. The molecule has 0 fully saturated rings. The number of anilines is 1. The zero-order chi connectivity index (χ0) is 13.1. The lowest BCUT2D eigenvalue weighted by atomic mass is 9.99. The molecule has 2 aromatic rings. The third-order valence-electron chi connectivity index (χ3n) is 3.09. The Kier molecular flexibility index (Phi) is 3.70. The Bertz CT molecular complexity index is 512. The highest BCUT2D eigenvalue weighted by Crippen LogP contribution is 2.31. The summed E-state index contributed by atoms with van der Waals surface area (Å²) in [4.78, 5) is 0. The molecule has 0 unspecified atom stereocenters. The van der Waals surface area contributed by atoms with Crippen molar-refractivity contribution in [2.75, 3.05) is 5.73 Å². The van der Waals surface area contributed by atoms with Crippen LogP contribution in [-0.4, -0.2) is 5.16 Å². The molecule has 0 saturated heterocycles. The summed E-state index contributed by atoms with van der Waals surface area (Å²) in [6.07, 6.45) is 1.99. The molecule has 0 atom stereocenters. The van der Waals surface area contributed by atoms with E-state index in [0.717, 1.165) is 29.7 Å². The number of aromatic nitrogens is 1. The zero-order valence-electron chi connectivity index (χ0n) is 11.2. The van der Waals surface area contributed by atoms with E-state index < -0.39 is 0 Å².